The third-order valence-electron chi connectivity index (χ3n) is 6.99. The zero-order valence-corrected chi connectivity index (χ0v) is 21.3. The van der Waals surface area contributed by atoms with Crippen molar-refractivity contribution in [1.29, 1.82) is 0 Å². The number of nitrogens with zero attached hydrogens (tertiary/aromatic N) is 1. The van der Waals surface area contributed by atoms with E-state index in [1.54, 1.807) is 14.0 Å². The van der Waals surface area contributed by atoms with Crippen LogP contribution in [0.4, 0.5) is 0 Å². The molecule has 1 aliphatic rings. The van der Waals surface area contributed by atoms with Crippen molar-refractivity contribution in [1.82, 2.24) is 15.8 Å². The van der Waals surface area contributed by atoms with Crippen LogP contribution in [0.1, 0.15) is 68.0 Å². The Kier molecular flexibility index (Phi) is 10.5. The molecule has 36 heavy (non-hydrogen) atoms. The molecule has 2 aromatic rings. The number of Topliss-reactive ketones (excluding diaryl/α,β-unsaturated/α-hetero) is 1. The van der Waals surface area contributed by atoms with Crippen molar-refractivity contribution >= 4 is 17.6 Å². The standard InChI is InChI=1S/C27H37N3O6/c1-18(34-2)21(26(32)28-17-20-11-7-8-12-24(20)35-3)16-23(31)22(15-19-9-5-4-6-10-19)30-27(33)25-13-14-29-36-25/h7-8,11-14,18-19,21-22H,4-6,9-10,15-17H2,1-3H3,(H,28,32)(H,30,33)/t18-,21+,22+/m1/s1. The lowest BCUT2D eigenvalue weighted by Gasteiger charge is -2.28. The summed E-state index contributed by atoms with van der Waals surface area (Å²) < 4.78 is 15.8. The second-order valence-electron chi connectivity index (χ2n) is 9.39. The normalized spacial score (nSPS) is 16.5. The van der Waals surface area contributed by atoms with Crippen LogP contribution < -0.4 is 15.4 Å². The Bertz CT molecular complexity index is 987. The van der Waals surface area contributed by atoms with E-state index in [1.165, 1.54) is 25.8 Å². The van der Waals surface area contributed by atoms with Crippen molar-refractivity contribution in [3.05, 3.63) is 47.9 Å². The molecule has 3 atom stereocenters. The van der Waals surface area contributed by atoms with Gasteiger partial charge >= 0.3 is 0 Å². The minimum Gasteiger partial charge on any atom is -0.496 e. The molecule has 9 heteroatoms. The van der Waals surface area contributed by atoms with E-state index in [0.717, 1.165) is 31.2 Å². The van der Waals surface area contributed by atoms with Gasteiger partial charge < -0.3 is 24.6 Å². The summed E-state index contributed by atoms with van der Waals surface area (Å²) >= 11 is 0. The summed E-state index contributed by atoms with van der Waals surface area (Å²) in [5, 5.41) is 9.32. The van der Waals surface area contributed by atoms with E-state index in [4.69, 9.17) is 14.0 Å². The number of ketones is 1. The molecule has 0 saturated heterocycles. The van der Waals surface area contributed by atoms with Crippen molar-refractivity contribution in [2.24, 2.45) is 11.8 Å². The van der Waals surface area contributed by atoms with Crippen LogP contribution in [0, 0.1) is 11.8 Å². The number of ether oxygens (including phenoxy) is 2. The fourth-order valence-electron chi connectivity index (χ4n) is 4.75. The molecule has 0 spiro atoms. The summed E-state index contributed by atoms with van der Waals surface area (Å²) in [5.74, 6) is -0.621. The van der Waals surface area contributed by atoms with Gasteiger partial charge in [-0.3, -0.25) is 14.4 Å². The first-order chi connectivity index (χ1) is 17.4. The maximum absolute atomic E-state index is 13.5. The van der Waals surface area contributed by atoms with Crippen molar-refractivity contribution in [2.45, 2.75) is 70.6 Å². The van der Waals surface area contributed by atoms with Gasteiger partial charge in [-0.2, -0.15) is 0 Å². The van der Waals surface area contributed by atoms with Crippen molar-refractivity contribution in [2.75, 3.05) is 14.2 Å². The molecule has 2 amide bonds. The molecular weight excluding hydrogens is 462 g/mol. The molecule has 1 heterocycles. The monoisotopic (exact) mass is 499 g/mol. The van der Waals surface area contributed by atoms with Gasteiger partial charge in [-0.25, -0.2) is 0 Å². The highest BCUT2D eigenvalue weighted by molar-refractivity contribution is 5.97. The zero-order chi connectivity index (χ0) is 25.9. The first-order valence-electron chi connectivity index (χ1n) is 12.6. The number of nitrogens with one attached hydrogen (secondary N) is 2. The van der Waals surface area contributed by atoms with Crippen LogP contribution in [-0.4, -0.2) is 49.1 Å². The van der Waals surface area contributed by atoms with Crippen molar-refractivity contribution in [3.8, 4) is 5.75 Å². The number of hydrogen-bond donors (Lipinski definition) is 2. The summed E-state index contributed by atoms with van der Waals surface area (Å²) in [7, 11) is 3.09. The highest BCUT2D eigenvalue weighted by Crippen LogP contribution is 2.28. The smallest absolute Gasteiger partial charge is 0.290 e. The summed E-state index contributed by atoms with van der Waals surface area (Å²) in [4.78, 5) is 39.4. The lowest BCUT2D eigenvalue weighted by molar-refractivity contribution is -0.134. The van der Waals surface area contributed by atoms with E-state index < -0.39 is 24.0 Å². The van der Waals surface area contributed by atoms with Crippen molar-refractivity contribution in [3.63, 3.8) is 0 Å². The molecule has 196 valence electrons. The molecule has 9 nitrogen and oxygen atoms in total. The zero-order valence-electron chi connectivity index (χ0n) is 21.3. The molecule has 1 fully saturated rings. The SMILES string of the molecule is COc1ccccc1CNC(=O)[C@@H](CC(=O)[C@H](CC1CCCCC1)NC(=O)c1ccno1)[C@@H](C)OC. The predicted molar refractivity (Wildman–Crippen MR) is 133 cm³/mol. The molecular formula is C27H37N3O6. The average molecular weight is 500 g/mol. The van der Waals surface area contributed by atoms with E-state index >= 15 is 0 Å². The molecule has 2 N–H and O–H groups in total. The van der Waals surface area contributed by atoms with Gasteiger partial charge in [-0.15, -0.1) is 0 Å². The lowest BCUT2D eigenvalue weighted by atomic mass is 9.82. The van der Waals surface area contributed by atoms with E-state index in [-0.39, 0.29) is 30.4 Å². The lowest BCUT2D eigenvalue weighted by Crippen LogP contribution is -2.45. The summed E-state index contributed by atoms with van der Waals surface area (Å²) in [6.07, 6.45) is 6.86. The molecule has 3 rings (SSSR count). The van der Waals surface area contributed by atoms with Gasteiger partial charge in [0.05, 0.1) is 31.4 Å². The molecule has 0 bridgehead atoms. The Morgan fingerprint density at radius 1 is 1.11 bits per heavy atom. The van der Waals surface area contributed by atoms with Gasteiger partial charge in [0.2, 0.25) is 11.7 Å². The van der Waals surface area contributed by atoms with E-state index in [9.17, 15) is 14.4 Å². The molecule has 1 aromatic heterocycles. The van der Waals surface area contributed by atoms with Gasteiger partial charge in [-0.1, -0.05) is 55.5 Å². The fraction of sp³-hybridized carbons (Fsp3) is 0.556. The first kappa shape index (κ1) is 27.4. The summed E-state index contributed by atoms with van der Waals surface area (Å²) in [6, 6.07) is 8.16. The maximum Gasteiger partial charge on any atom is 0.290 e. The molecule has 1 aromatic carbocycles. The van der Waals surface area contributed by atoms with Crippen LogP contribution in [0.15, 0.2) is 41.1 Å². The second kappa shape index (κ2) is 13.8. The Labute approximate surface area is 212 Å². The number of para-hydroxylation sites is 1. The van der Waals surface area contributed by atoms with Gasteiger partial charge in [0.15, 0.2) is 5.78 Å². The number of benzene rings is 1. The number of aromatic nitrogens is 1. The summed E-state index contributed by atoms with van der Waals surface area (Å²) in [5.41, 5.74) is 0.831. The second-order valence-corrected chi connectivity index (χ2v) is 9.39. The number of hydrogen-bond acceptors (Lipinski definition) is 7. The quantitative estimate of drug-likeness (QED) is 0.431. The van der Waals surface area contributed by atoms with E-state index in [0.29, 0.717) is 18.1 Å². The third-order valence-corrected chi connectivity index (χ3v) is 6.99. The Morgan fingerprint density at radius 3 is 2.53 bits per heavy atom. The van der Waals surface area contributed by atoms with E-state index in [1.807, 2.05) is 24.3 Å². The number of carbonyl (C=O) groups is 3. The topological polar surface area (TPSA) is 120 Å². The minimum atomic E-state index is -0.723. The maximum atomic E-state index is 13.5. The van der Waals surface area contributed by atoms with Gasteiger partial charge in [0.1, 0.15) is 5.75 Å². The molecule has 1 saturated carbocycles. The largest absolute Gasteiger partial charge is 0.496 e. The number of rotatable bonds is 13. The third kappa shape index (κ3) is 7.65. The van der Waals surface area contributed by atoms with Crippen LogP contribution in [0.3, 0.4) is 0 Å². The van der Waals surface area contributed by atoms with Crippen LogP contribution in [0.25, 0.3) is 0 Å². The fourth-order valence-corrected chi connectivity index (χ4v) is 4.75. The Balaban J connectivity index is 1.70. The Hall–Kier alpha value is -3.20. The van der Waals surface area contributed by atoms with Gasteiger partial charge in [0.25, 0.3) is 5.91 Å². The first-order valence-corrected chi connectivity index (χ1v) is 12.6. The number of carbonyl (C=O) groups excluding carboxylic acids is 3. The summed E-state index contributed by atoms with van der Waals surface area (Å²) in [6.45, 7) is 2.03. The highest BCUT2D eigenvalue weighted by Gasteiger charge is 2.33. The van der Waals surface area contributed by atoms with Gasteiger partial charge in [-0.05, 0) is 25.3 Å². The van der Waals surface area contributed by atoms with Gasteiger partial charge in [0, 0.05) is 31.7 Å². The van der Waals surface area contributed by atoms with Crippen molar-refractivity contribution < 1.29 is 28.4 Å². The average Bonchev–Trinajstić information content (AvgIpc) is 3.45. The van der Waals surface area contributed by atoms with E-state index in [2.05, 4.69) is 15.8 Å². The number of methoxy groups -OCH3 is 2. The molecule has 0 radical (unpaired) electrons. The van der Waals surface area contributed by atoms with Crippen LogP contribution in [0.2, 0.25) is 0 Å². The molecule has 1 aliphatic carbocycles. The Morgan fingerprint density at radius 2 is 1.86 bits per heavy atom. The predicted octanol–water partition coefficient (Wildman–Crippen LogP) is 3.68. The molecule has 0 unspecified atom stereocenters. The van der Waals surface area contributed by atoms with Crippen LogP contribution in [0.5, 0.6) is 5.75 Å². The highest BCUT2D eigenvalue weighted by atomic mass is 16.5. The minimum absolute atomic E-state index is 0.0489. The van der Waals surface area contributed by atoms with Crippen LogP contribution >= 0.6 is 0 Å². The molecule has 0 aliphatic heterocycles. The number of amides is 2. The van der Waals surface area contributed by atoms with Crippen LogP contribution in [-0.2, 0) is 20.9 Å².